The molecule has 0 fully saturated rings. The van der Waals surface area contributed by atoms with Gasteiger partial charge in [0.1, 0.15) is 5.60 Å². The largest absolute Gasteiger partial charge is 0.398 e. The number of benzene rings is 2. The van der Waals surface area contributed by atoms with Crippen molar-refractivity contribution < 1.29 is 15.1 Å². The Hall–Kier alpha value is -2.08. The molecule has 4 N–H and O–H groups in total. The van der Waals surface area contributed by atoms with Gasteiger partial charge in [-0.1, -0.05) is 48.0 Å². The average molecular weight is 321 g/mol. The number of nitrogen functional groups attached to an aromatic ring is 1. The van der Waals surface area contributed by atoms with E-state index in [9.17, 15) is 15.1 Å². The van der Waals surface area contributed by atoms with E-state index in [2.05, 4.69) is 0 Å². The molecule has 116 valence electrons. The van der Waals surface area contributed by atoms with Crippen LogP contribution in [0, 0.1) is 0 Å². The van der Waals surface area contributed by atoms with E-state index in [0.29, 0.717) is 21.2 Å². The zero-order valence-electron chi connectivity index (χ0n) is 12.0. The SMILES string of the molecule is CN(O)C(=O)CC(O)(c1ccccc1)c1ccc(Cl)cc1N. The summed E-state index contributed by atoms with van der Waals surface area (Å²) < 4.78 is 0. The molecule has 6 heteroatoms. The monoisotopic (exact) mass is 320 g/mol. The van der Waals surface area contributed by atoms with E-state index in [4.69, 9.17) is 17.3 Å². The molecular weight excluding hydrogens is 304 g/mol. The number of hydrogen-bond acceptors (Lipinski definition) is 4. The van der Waals surface area contributed by atoms with Gasteiger partial charge in [0.05, 0.1) is 6.42 Å². The first-order chi connectivity index (χ1) is 10.3. The fraction of sp³-hybridized carbons (Fsp3) is 0.188. The van der Waals surface area contributed by atoms with E-state index >= 15 is 0 Å². The minimum absolute atomic E-state index is 0.271. The van der Waals surface area contributed by atoms with Crippen LogP contribution in [0.15, 0.2) is 48.5 Å². The van der Waals surface area contributed by atoms with Crippen molar-refractivity contribution in [3.05, 3.63) is 64.7 Å². The lowest BCUT2D eigenvalue weighted by Gasteiger charge is -2.30. The van der Waals surface area contributed by atoms with Gasteiger partial charge in [-0.05, 0) is 17.7 Å². The first-order valence-electron chi connectivity index (χ1n) is 6.63. The van der Waals surface area contributed by atoms with Crippen LogP contribution in [-0.2, 0) is 10.4 Å². The molecule has 1 atom stereocenters. The van der Waals surface area contributed by atoms with Crippen molar-refractivity contribution in [2.24, 2.45) is 0 Å². The standard InChI is InChI=1S/C16H17ClN2O3/c1-19(22)15(20)10-16(21,11-5-3-2-4-6-11)13-8-7-12(17)9-14(13)18/h2-9,21-22H,10,18H2,1H3. The minimum atomic E-state index is -1.66. The second-order valence-corrected chi connectivity index (χ2v) is 5.49. The Labute approximate surface area is 133 Å². The van der Waals surface area contributed by atoms with Gasteiger partial charge in [0.2, 0.25) is 5.91 Å². The average Bonchev–Trinajstić information content (AvgIpc) is 2.47. The van der Waals surface area contributed by atoms with Gasteiger partial charge in [-0.15, -0.1) is 0 Å². The Morgan fingerprint density at radius 3 is 2.45 bits per heavy atom. The first kappa shape index (κ1) is 16.3. The summed E-state index contributed by atoms with van der Waals surface area (Å²) in [6, 6.07) is 13.4. The molecule has 0 aliphatic heterocycles. The number of anilines is 1. The molecule has 0 aliphatic rings. The summed E-state index contributed by atoms with van der Waals surface area (Å²) in [5.41, 5.74) is 5.43. The fourth-order valence-corrected chi connectivity index (χ4v) is 2.49. The van der Waals surface area contributed by atoms with Crippen LogP contribution < -0.4 is 5.73 Å². The van der Waals surface area contributed by atoms with E-state index in [-0.39, 0.29) is 12.1 Å². The highest BCUT2D eigenvalue weighted by Crippen LogP contribution is 2.37. The lowest BCUT2D eigenvalue weighted by molar-refractivity contribution is -0.163. The molecule has 2 aromatic rings. The third kappa shape index (κ3) is 3.22. The normalized spacial score (nSPS) is 13.5. The molecule has 0 saturated carbocycles. The van der Waals surface area contributed by atoms with Gasteiger partial charge in [0.25, 0.3) is 0 Å². The van der Waals surface area contributed by atoms with Crippen molar-refractivity contribution in [1.29, 1.82) is 0 Å². The summed E-state index contributed by atoms with van der Waals surface area (Å²) in [5.74, 6) is -0.638. The Morgan fingerprint density at radius 2 is 1.91 bits per heavy atom. The molecule has 0 radical (unpaired) electrons. The zero-order valence-corrected chi connectivity index (χ0v) is 12.8. The molecule has 0 heterocycles. The number of carbonyl (C=O) groups excluding carboxylic acids is 1. The molecule has 0 aromatic heterocycles. The summed E-state index contributed by atoms with van der Waals surface area (Å²) in [5, 5.41) is 21.4. The first-order valence-corrected chi connectivity index (χ1v) is 7.01. The predicted molar refractivity (Wildman–Crippen MR) is 84.5 cm³/mol. The van der Waals surface area contributed by atoms with E-state index in [1.165, 1.54) is 13.1 Å². The van der Waals surface area contributed by atoms with Gasteiger partial charge >= 0.3 is 0 Å². The molecular formula is C16H17ClN2O3. The molecule has 0 bridgehead atoms. The smallest absolute Gasteiger partial charge is 0.249 e. The number of nitrogens with zero attached hydrogens (tertiary/aromatic N) is 1. The lowest BCUT2D eigenvalue weighted by Crippen LogP contribution is -2.36. The van der Waals surface area contributed by atoms with E-state index in [0.717, 1.165) is 0 Å². The van der Waals surface area contributed by atoms with Crippen LogP contribution in [0.3, 0.4) is 0 Å². The summed E-state index contributed by atoms with van der Waals surface area (Å²) >= 11 is 5.89. The van der Waals surface area contributed by atoms with Gasteiger partial charge in [-0.2, -0.15) is 0 Å². The minimum Gasteiger partial charge on any atom is -0.398 e. The third-order valence-electron chi connectivity index (χ3n) is 3.48. The molecule has 2 aromatic carbocycles. The van der Waals surface area contributed by atoms with Crippen LogP contribution >= 0.6 is 11.6 Å². The highest BCUT2D eigenvalue weighted by Gasteiger charge is 2.36. The van der Waals surface area contributed by atoms with Crippen LogP contribution in [0.4, 0.5) is 5.69 Å². The maximum absolute atomic E-state index is 11.9. The third-order valence-corrected chi connectivity index (χ3v) is 3.71. The number of nitrogens with two attached hydrogens (primary N) is 1. The summed E-state index contributed by atoms with van der Waals surface area (Å²) in [6.07, 6.45) is -0.351. The second-order valence-electron chi connectivity index (χ2n) is 5.05. The van der Waals surface area contributed by atoms with Gasteiger partial charge in [-0.25, -0.2) is 5.06 Å². The second kappa shape index (κ2) is 6.36. The van der Waals surface area contributed by atoms with Gasteiger partial charge in [-0.3, -0.25) is 10.0 Å². The number of halogens is 1. The molecule has 22 heavy (non-hydrogen) atoms. The Kier molecular flexibility index (Phi) is 4.71. The van der Waals surface area contributed by atoms with Crippen LogP contribution in [0.1, 0.15) is 17.5 Å². The van der Waals surface area contributed by atoms with Gasteiger partial charge in [0, 0.05) is 23.3 Å². The highest BCUT2D eigenvalue weighted by molar-refractivity contribution is 6.30. The molecule has 0 aliphatic carbocycles. The highest BCUT2D eigenvalue weighted by atomic mass is 35.5. The Balaban J connectivity index is 2.57. The molecule has 1 unspecified atom stereocenters. The topological polar surface area (TPSA) is 86.8 Å². The Morgan fingerprint density at radius 1 is 1.27 bits per heavy atom. The van der Waals surface area contributed by atoms with Crippen LogP contribution in [0.5, 0.6) is 0 Å². The van der Waals surface area contributed by atoms with Crippen molar-refractivity contribution in [1.82, 2.24) is 5.06 Å². The maximum atomic E-state index is 11.9. The van der Waals surface area contributed by atoms with Crippen molar-refractivity contribution in [3.63, 3.8) is 0 Å². The predicted octanol–water partition coefficient (Wildman–Crippen LogP) is 2.40. The van der Waals surface area contributed by atoms with Crippen LogP contribution in [0.2, 0.25) is 5.02 Å². The van der Waals surface area contributed by atoms with Crippen molar-refractivity contribution >= 4 is 23.2 Å². The number of hydroxylamine groups is 2. The van der Waals surface area contributed by atoms with Gasteiger partial charge in [0.15, 0.2) is 0 Å². The number of hydrogen-bond donors (Lipinski definition) is 3. The van der Waals surface area contributed by atoms with Crippen LogP contribution in [0.25, 0.3) is 0 Å². The van der Waals surface area contributed by atoms with Gasteiger partial charge < -0.3 is 10.8 Å². The van der Waals surface area contributed by atoms with E-state index < -0.39 is 11.5 Å². The lowest BCUT2D eigenvalue weighted by atomic mass is 9.82. The summed E-state index contributed by atoms with van der Waals surface area (Å²) in [7, 11) is 1.21. The van der Waals surface area contributed by atoms with Crippen molar-refractivity contribution in [2.75, 3.05) is 12.8 Å². The summed E-state index contributed by atoms with van der Waals surface area (Å²) in [4.78, 5) is 11.9. The van der Waals surface area contributed by atoms with Crippen molar-refractivity contribution in [2.45, 2.75) is 12.0 Å². The molecule has 5 nitrogen and oxygen atoms in total. The molecule has 1 amide bonds. The molecule has 2 rings (SSSR count). The quantitative estimate of drug-likeness (QED) is 0.458. The number of rotatable bonds is 4. The molecule has 0 spiro atoms. The number of carbonyl (C=O) groups is 1. The van der Waals surface area contributed by atoms with Crippen LogP contribution in [-0.4, -0.2) is 28.3 Å². The number of aliphatic hydroxyl groups is 1. The molecule has 0 saturated heterocycles. The van der Waals surface area contributed by atoms with Crippen molar-refractivity contribution in [3.8, 4) is 0 Å². The fourth-order valence-electron chi connectivity index (χ4n) is 2.31. The maximum Gasteiger partial charge on any atom is 0.249 e. The van der Waals surface area contributed by atoms with E-state index in [1.807, 2.05) is 0 Å². The van der Waals surface area contributed by atoms with E-state index in [1.54, 1.807) is 42.5 Å². The Bertz CT molecular complexity index is 676. The summed E-state index contributed by atoms with van der Waals surface area (Å²) in [6.45, 7) is 0. The number of amides is 1. The zero-order chi connectivity index (χ0) is 16.3.